The van der Waals surface area contributed by atoms with Gasteiger partial charge in [-0.25, -0.2) is 4.99 Å². The van der Waals surface area contributed by atoms with Gasteiger partial charge in [0.15, 0.2) is 0 Å². The zero-order valence-electron chi connectivity index (χ0n) is 15.7. The highest BCUT2D eigenvalue weighted by Crippen LogP contribution is 2.33. The molecular weight excluding hydrogens is 404 g/mol. The van der Waals surface area contributed by atoms with Crippen molar-refractivity contribution < 1.29 is 4.79 Å². The third-order valence-electron chi connectivity index (χ3n) is 5.16. The Labute approximate surface area is 178 Å². The van der Waals surface area contributed by atoms with Gasteiger partial charge in [-0.1, -0.05) is 41.9 Å². The van der Waals surface area contributed by atoms with Gasteiger partial charge in [-0.05, 0) is 18.2 Å². The molecule has 3 aliphatic heterocycles. The first-order valence-electron chi connectivity index (χ1n) is 9.56. The molecule has 0 aromatic heterocycles. The van der Waals surface area contributed by atoms with Crippen LogP contribution < -0.4 is 4.90 Å². The normalized spacial score (nSPS) is 20.2. The molecule has 1 fully saturated rings. The summed E-state index contributed by atoms with van der Waals surface area (Å²) in [6.07, 6.45) is 1.90. The van der Waals surface area contributed by atoms with Gasteiger partial charge >= 0.3 is 0 Å². The van der Waals surface area contributed by atoms with Crippen LogP contribution in [-0.2, 0) is 4.79 Å². The zero-order chi connectivity index (χ0) is 19.8. The Hall–Kier alpha value is -2.57. The van der Waals surface area contributed by atoms with E-state index in [9.17, 15) is 4.79 Å². The lowest BCUT2D eigenvalue weighted by atomic mass is 10.00. The lowest BCUT2D eigenvalue weighted by Crippen LogP contribution is -2.34. The number of amides is 1. The van der Waals surface area contributed by atoms with E-state index < -0.39 is 0 Å². The molecule has 5 nitrogen and oxygen atoms in total. The summed E-state index contributed by atoms with van der Waals surface area (Å²) in [7, 11) is 0. The Bertz CT molecular complexity index is 1060. The van der Waals surface area contributed by atoms with Gasteiger partial charge in [-0.3, -0.25) is 14.7 Å². The van der Waals surface area contributed by atoms with Crippen molar-refractivity contribution >= 4 is 46.5 Å². The molecule has 2 aromatic rings. The van der Waals surface area contributed by atoms with Crippen LogP contribution >= 0.6 is 23.4 Å². The zero-order valence-corrected chi connectivity index (χ0v) is 17.3. The van der Waals surface area contributed by atoms with E-state index in [0.29, 0.717) is 23.1 Å². The second-order valence-corrected chi connectivity index (χ2v) is 8.68. The molecule has 5 rings (SSSR count). The predicted octanol–water partition coefficient (Wildman–Crippen LogP) is 3.83. The summed E-state index contributed by atoms with van der Waals surface area (Å²) in [6.45, 7) is 2.22. The average Bonchev–Trinajstić information content (AvgIpc) is 2.96. The summed E-state index contributed by atoms with van der Waals surface area (Å²) in [5.74, 6) is 2.70. The van der Waals surface area contributed by atoms with Gasteiger partial charge in [-0.15, -0.1) is 0 Å². The van der Waals surface area contributed by atoms with Gasteiger partial charge in [0.05, 0.1) is 17.9 Å². The minimum Gasteiger partial charge on any atom is -0.374 e. The molecule has 0 radical (unpaired) electrons. The Morgan fingerprint density at radius 3 is 2.66 bits per heavy atom. The van der Waals surface area contributed by atoms with Crippen LogP contribution in [0.15, 0.2) is 70.4 Å². The first-order valence-corrected chi connectivity index (χ1v) is 11.1. The van der Waals surface area contributed by atoms with E-state index in [-0.39, 0.29) is 5.91 Å². The van der Waals surface area contributed by atoms with Gasteiger partial charge in [0, 0.05) is 46.9 Å². The number of aliphatic imine (C=N–C) groups is 2. The molecule has 0 aliphatic carbocycles. The molecule has 1 amide bonds. The third-order valence-corrected chi connectivity index (χ3v) is 6.34. The highest BCUT2D eigenvalue weighted by atomic mass is 35.5. The molecule has 0 unspecified atom stereocenters. The molecule has 146 valence electrons. The van der Waals surface area contributed by atoms with Gasteiger partial charge in [0.1, 0.15) is 11.5 Å². The van der Waals surface area contributed by atoms with Crippen molar-refractivity contribution in [2.45, 2.75) is 0 Å². The molecule has 29 heavy (non-hydrogen) atoms. The van der Waals surface area contributed by atoms with Gasteiger partial charge in [0.2, 0.25) is 0 Å². The molecule has 0 saturated carbocycles. The quantitative estimate of drug-likeness (QED) is 0.691. The van der Waals surface area contributed by atoms with Crippen LogP contribution in [-0.4, -0.2) is 53.5 Å². The maximum absolute atomic E-state index is 13.3. The third kappa shape index (κ3) is 3.47. The molecule has 0 bridgehead atoms. The fourth-order valence-electron chi connectivity index (χ4n) is 3.76. The van der Waals surface area contributed by atoms with Crippen molar-refractivity contribution in [3.8, 4) is 0 Å². The second-order valence-electron chi connectivity index (χ2n) is 7.02. The highest BCUT2D eigenvalue weighted by molar-refractivity contribution is 7.99. The number of fused-ring (bicyclic) bond motifs is 3. The summed E-state index contributed by atoms with van der Waals surface area (Å²) in [4.78, 5) is 26.6. The van der Waals surface area contributed by atoms with Crippen molar-refractivity contribution in [3.63, 3.8) is 0 Å². The maximum atomic E-state index is 13.3. The van der Waals surface area contributed by atoms with E-state index in [4.69, 9.17) is 16.6 Å². The topological polar surface area (TPSA) is 48.3 Å². The fourth-order valence-corrected chi connectivity index (χ4v) is 4.86. The van der Waals surface area contributed by atoms with Crippen LogP contribution in [0.5, 0.6) is 0 Å². The summed E-state index contributed by atoms with van der Waals surface area (Å²) < 4.78 is 0. The number of hydrogen-bond acceptors (Lipinski definition) is 5. The molecule has 0 N–H and O–H groups in total. The van der Waals surface area contributed by atoms with Crippen molar-refractivity contribution in [3.05, 3.63) is 76.6 Å². The Kier molecular flexibility index (Phi) is 4.89. The summed E-state index contributed by atoms with van der Waals surface area (Å²) in [5, 5.41) is 0.612. The van der Waals surface area contributed by atoms with E-state index >= 15 is 0 Å². The van der Waals surface area contributed by atoms with E-state index in [0.717, 1.165) is 47.1 Å². The van der Waals surface area contributed by atoms with Gasteiger partial charge < -0.3 is 4.90 Å². The number of amidine groups is 1. The second kappa shape index (κ2) is 7.69. The van der Waals surface area contributed by atoms with Crippen LogP contribution in [0.25, 0.3) is 0 Å². The number of hydrogen-bond donors (Lipinski definition) is 0. The van der Waals surface area contributed by atoms with Crippen LogP contribution in [0.3, 0.4) is 0 Å². The average molecular weight is 423 g/mol. The summed E-state index contributed by atoms with van der Waals surface area (Å²) >= 11 is 8.25. The Morgan fingerprint density at radius 2 is 1.86 bits per heavy atom. The summed E-state index contributed by atoms with van der Waals surface area (Å²) in [5.41, 5.74) is 3.92. The largest absolute Gasteiger partial charge is 0.374 e. The maximum Gasteiger partial charge on any atom is 0.284 e. The van der Waals surface area contributed by atoms with Crippen LogP contribution in [0.4, 0.5) is 5.69 Å². The number of carbonyl (C=O) groups is 1. The van der Waals surface area contributed by atoms with Gasteiger partial charge in [-0.2, -0.15) is 11.8 Å². The van der Waals surface area contributed by atoms with E-state index in [1.54, 1.807) is 4.90 Å². The molecule has 0 atom stereocenters. The molecule has 7 heteroatoms. The molecule has 0 spiro atoms. The number of anilines is 1. The number of nitrogens with zero attached hydrogens (tertiary/aromatic N) is 4. The molecule has 3 heterocycles. The highest BCUT2D eigenvalue weighted by Gasteiger charge is 2.35. The number of rotatable bonds is 2. The predicted molar refractivity (Wildman–Crippen MR) is 120 cm³/mol. The lowest BCUT2D eigenvalue weighted by Gasteiger charge is -2.25. The first kappa shape index (κ1) is 18.5. The van der Waals surface area contributed by atoms with Gasteiger partial charge in [0.25, 0.3) is 5.91 Å². The summed E-state index contributed by atoms with van der Waals surface area (Å²) in [6, 6.07) is 15.5. The van der Waals surface area contributed by atoms with Crippen molar-refractivity contribution in [2.24, 2.45) is 9.98 Å². The van der Waals surface area contributed by atoms with E-state index in [1.165, 1.54) is 0 Å². The minimum absolute atomic E-state index is 0.105. The number of benzene rings is 2. The molecule has 1 saturated heterocycles. The Balaban J connectivity index is 1.59. The smallest absolute Gasteiger partial charge is 0.284 e. The standard InChI is InChI=1S/C22H19ClN4OS/c23-16-6-7-19-17(12-16)21(15-4-2-1-3-5-15)24-13-20-25-18(22(28)27(19)20)14-26-8-10-29-11-9-26/h1-7,12,14H,8-11,13H2/b18-14+. The SMILES string of the molecule is O=C1/C(=C\N2CCSCC2)N=C2CN=C(c3ccccc3)c3cc(Cl)ccc3N12. The van der Waals surface area contributed by atoms with Crippen LogP contribution in [0.2, 0.25) is 5.02 Å². The lowest BCUT2D eigenvalue weighted by molar-refractivity contribution is -0.114. The van der Waals surface area contributed by atoms with Crippen molar-refractivity contribution in [1.29, 1.82) is 0 Å². The van der Waals surface area contributed by atoms with E-state index in [1.807, 2.05) is 66.5 Å². The van der Waals surface area contributed by atoms with Crippen LogP contribution in [0.1, 0.15) is 11.1 Å². The van der Waals surface area contributed by atoms with E-state index in [2.05, 4.69) is 9.89 Å². The molecule has 3 aliphatic rings. The Morgan fingerprint density at radius 1 is 1.07 bits per heavy atom. The van der Waals surface area contributed by atoms with Crippen molar-refractivity contribution in [2.75, 3.05) is 36.0 Å². The minimum atomic E-state index is -0.105. The number of halogens is 1. The molecular formula is C22H19ClN4OS. The monoisotopic (exact) mass is 422 g/mol. The van der Waals surface area contributed by atoms with Crippen LogP contribution in [0, 0.1) is 0 Å². The first-order chi connectivity index (χ1) is 14.2. The number of carbonyl (C=O) groups excluding carboxylic acids is 1. The van der Waals surface area contributed by atoms with Crippen molar-refractivity contribution in [1.82, 2.24) is 4.90 Å². The fraction of sp³-hybridized carbons (Fsp3) is 0.227. The molecule has 2 aromatic carbocycles. The number of thioether (sulfide) groups is 1.